The third-order valence-corrected chi connectivity index (χ3v) is 5.44. The minimum absolute atomic E-state index is 0.152. The smallest absolute Gasteiger partial charge is 0.165 e. The number of aromatic nitrogens is 4. The fourth-order valence-corrected chi connectivity index (χ4v) is 4.14. The first-order valence-corrected chi connectivity index (χ1v) is 8.98. The minimum atomic E-state index is -0.251. The third-order valence-electron chi connectivity index (χ3n) is 5.44. The van der Waals surface area contributed by atoms with E-state index in [2.05, 4.69) is 26.8 Å². The summed E-state index contributed by atoms with van der Waals surface area (Å²) < 4.78 is 7.79. The highest BCUT2D eigenvalue weighted by molar-refractivity contribution is 5.83. The zero-order valence-electron chi connectivity index (χ0n) is 14.1. The van der Waals surface area contributed by atoms with Gasteiger partial charge in [-0.05, 0) is 19.8 Å². The van der Waals surface area contributed by atoms with Crippen LogP contribution < -0.4 is 4.90 Å². The first kappa shape index (κ1) is 15.8. The van der Waals surface area contributed by atoms with Crippen molar-refractivity contribution < 1.29 is 9.84 Å². The van der Waals surface area contributed by atoms with Crippen molar-refractivity contribution in [3.63, 3.8) is 0 Å². The molecule has 130 valence electrons. The highest BCUT2D eigenvalue weighted by atomic mass is 16.5. The van der Waals surface area contributed by atoms with Crippen LogP contribution in [0.1, 0.15) is 32.6 Å². The fourth-order valence-electron chi connectivity index (χ4n) is 4.14. The maximum Gasteiger partial charge on any atom is 0.165 e. The number of nitrogens with zero attached hydrogens (tertiary/aromatic N) is 5. The molecule has 1 aliphatic carbocycles. The minimum Gasteiger partial charge on any atom is -0.393 e. The van der Waals surface area contributed by atoms with Gasteiger partial charge in [0, 0.05) is 19.0 Å². The van der Waals surface area contributed by atoms with E-state index in [9.17, 15) is 5.11 Å². The Bertz CT molecular complexity index is 703. The predicted molar refractivity (Wildman–Crippen MR) is 90.9 cm³/mol. The lowest BCUT2D eigenvalue weighted by atomic mass is 9.80. The zero-order chi connectivity index (χ0) is 16.5. The predicted octanol–water partition coefficient (Wildman–Crippen LogP) is 1.60. The van der Waals surface area contributed by atoms with Crippen molar-refractivity contribution in [2.24, 2.45) is 5.92 Å². The number of aryl methyl sites for hydroxylation is 1. The van der Waals surface area contributed by atoms with E-state index >= 15 is 0 Å². The average molecular weight is 331 g/mol. The number of fused-ring (bicyclic) bond motifs is 1. The summed E-state index contributed by atoms with van der Waals surface area (Å²) in [7, 11) is 0. The Morgan fingerprint density at radius 3 is 2.96 bits per heavy atom. The highest BCUT2D eigenvalue weighted by Crippen LogP contribution is 2.34. The quantitative estimate of drug-likeness (QED) is 0.921. The number of rotatable bonds is 3. The zero-order valence-corrected chi connectivity index (χ0v) is 14.1. The molecule has 2 aliphatic rings. The number of imidazole rings is 1. The van der Waals surface area contributed by atoms with E-state index < -0.39 is 0 Å². The van der Waals surface area contributed by atoms with Gasteiger partial charge in [-0.25, -0.2) is 15.0 Å². The van der Waals surface area contributed by atoms with Crippen molar-refractivity contribution in [2.45, 2.75) is 51.3 Å². The summed E-state index contributed by atoms with van der Waals surface area (Å²) in [6, 6.07) is 0.152. The normalized spacial score (nSPS) is 28.4. The van der Waals surface area contributed by atoms with Crippen LogP contribution in [0.15, 0.2) is 12.7 Å². The molecule has 0 bridgehead atoms. The molecule has 3 atom stereocenters. The molecule has 0 aromatic carbocycles. The van der Waals surface area contributed by atoms with Gasteiger partial charge in [-0.3, -0.25) is 0 Å². The molecule has 3 heterocycles. The van der Waals surface area contributed by atoms with Gasteiger partial charge in [-0.1, -0.05) is 12.8 Å². The summed E-state index contributed by atoms with van der Waals surface area (Å²) in [6.07, 6.45) is 7.42. The molecule has 4 rings (SSSR count). The molecule has 2 aromatic heterocycles. The molecule has 24 heavy (non-hydrogen) atoms. The molecule has 2 aromatic rings. The van der Waals surface area contributed by atoms with E-state index in [1.165, 1.54) is 6.42 Å². The number of aliphatic hydroxyl groups is 1. The molecule has 1 N–H and O–H groups in total. The summed E-state index contributed by atoms with van der Waals surface area (Å²) in [5.41, 5.74) is 1.72. The van der Waals surface area contributed by atoms with Gasteiger partial charge in [0.05, 0.1) is 31.7 Å². The molecule has 0 amide bonds. The molecule has 7 nitrogen and oxygen atoms in total. The van der Waals surface area contributed by atoms with E-state index in [1.807, 2.05) is 10.9 Å². The van der Waals surface area contributed by atoms with E-state index in [0.717, 1.165) is 49.3 Å². The van der Waals surface area contributed by atoms with E-state index in [0.29, 0.717) is 13.2 Å². The van der Waals surface area contributed by atoms with Crippen molar-refractivity contribution in [1.29, 1.82) is 0 Å². The molecule has 1 aliphatic heterocycles. The Morgan fingerprint density at radius 1 is 1.25 bits per heavy atom. The van der Waals surface area contributed by atoms with Crippen LogP contribution in [-0.2, 0) is 11.3 Å². The summed E-state index contributed by atoms with van der Waals surface area (Å²) in [4.78, 5) is 15.8. The van der Waals surface area contributed by atoms with Gasteiger partial charge in [0.1, 0.15) is 6.33 Å². The lowest BCUT2D eigenvalue weighted by Gasteiger charge is -2.43. The van der Waals surface area contributed by atoms with E-state index in [1.54, 1.807) is 6.33 Å². The van der Waals surface area contributed by atoms with Gasteiger partial charge in [-0.15, -0.1) is 0 Å². The van der Waals surface area contributed by atoms with Crippen molar-refractivity contribution in [3.05, 3.63) is 12.7 Å². The molecular weight excluding hydrogens is 306 g/mol. The molecule has 7 heteroatoms. The Labute approximate surface area is 141 Å². The summed E-state index contributed by atoms with van der Waals surface area (Å²) in [5.74, 6) is 1.11. The van der Waals surface area contributed by atoms with Gasteiger partial charge >= 0.3 is 0 Å². The molecular formula is C17H25N5O2. The van der Waals surface area contributed by atoms with Crippen molar-refractivity contribution in [1.82, 2.24) is 19.5 Å². The molecule has 0 unspecified atom stereocenters. The Hall–Kier alpha value is -1.73. The Morgan fingerprint density at radius 2 is 2.12 bits per heavy atom. The average Bonchev–Trinajstić information content (AvgIpc) is 3.05. The number of hydrogen-bond donors (Lipinski definition) is 1. The largest absolute Gasteiger partial charge is 0.393 e. The lowest BCUT2D eigenvalue weighted by Crippen LogP contribution is -2.53. The Kier molecular flexibility index (Phi) is 4.37. The maximum absolute atomic E-state index is 10.5. The molecule has 1 saturated carbocycles. The van der Waals surface area contributed by atoms with Crippen LogP contribution in [-0.4, -0.2) is 56.5 Å². The van der Waals surface area contributed by atoms with E-state index in [4.69, 9.17) is 4.74 Å². The monoisotopic (exact) mass is 331 g/mol. The van der Waals surface area contributed by atoms with Crippen LogP contribution in [0.25, 0.3) is 11.2 Å². The molecule has 0 radical (unpaired) electrons. The maximum atomic E-state index is 10.5. The van der Waals surface area contributed by atoms with Gasteiger partial charge in [0.15, 0.2) is 17.0 Å². The van der Waals surface area contributed by atoms with Crippen LogP contribution in [0.2, 0.25) is 0 Å². The van der Waals surface area contributed by atoms with Crippen molar-refractivity contribution >= 4 is 17.0 Å². The van der Waals surface area contributed by atoms with Crippen LogP contribution in [0.5, 0.6) is 0 Å². The number of anilines is 1. The van der Waals surface area contributed by atoms with Gasteiger partial charge < -0.3 is 19.3 Å². The summed E-state index contributed by atoms with van der Waals surface area (Å²) in [6.45, 7) is 5.01. The van der Waals surface area contributed by atoms with Gasteiger partial charge in [0.2, 0.25) is 0 Å². The van der Waals surface area contributed by atoms with Crippen molar-refractivity contribution in [2.75, 3.05) is 24.7 Å². The van der Waals surface area contributed by atoms with Crippen LogP contribution in [0.4, 0.5) is 5.82 Å². The summed E-state index contributed by atoms with van der Waals surface area (Å²) >= 11 is 0. The standard InChI is InChI=1S/C17H25N5O2/c1-2-21-11-20-15-16(21)18-10-19-17(15)22-7-8-24-9-13(22)12-5-3-4-6-14(12)23/h10-14,23H,2-9H2,1H3/t12-,13+,14+/m0/s1. The first-order valence-electron chi connectivity index (χ1n) is 8.98. The van der Waals surface area contributed by atoms with Gasteiger partial charge in [0.25, 0.3) is 0 Å². The van der Waals surface area contributed by atoms with Crippen LogP contribution >= 0.6 is 0 Å². The number of morpholine rings is 1. The Balaban J connectivity index is 1.71. The number of ether oxygens (including phenoxy) is 1. The second-order valence-electron chi connectivity index (χ2n) is 6.75. The SMILES string of the molecule is CCn1cnc2c(N3CCOC[C@@H]3[C@@H]3CCCC[C@H]3O)ncnc21. The summed E-state index contributed by atoms with van der Waals surface area (Å²) in [5, 5.41) is 10.5. The van der Waals surface area contributed by atoms with Crippen LogP contribution in [0.3, 0.4) is 0 Å². The van der Waals surface area contributed by atoms with Crippen molar-refractivity contribution in [3.8, 4) is 0 Å². The van der Waals surface area contributed by atoms with Gasteiger partial charge in [-0.2, -0.15) is 0 Å². The topological polar surface area (TPSA) is 76.3 Å². The molecule has 0 spiro atoms. The number of aliphatic hydroxyl groups excluding tert-OH is 1. The fraction of sp³-hybridized carbons (Fsp3) is 0.706. The second-order valence-corrected chi connectivity index (χ2v) is 6.75. The number of hydrogen-bond acceptors (Lipinski definition) is 6. The first-order chi connectivity index (χ1) is 11.8. The molecule has 1 saturated heterocycles. The van der Waals surface area contributed by atoms with E-state index in [-0.39, 0.29) is 18.1 Å². The van der Waals surface area contributed by atoms with Crippen LogP contribution in [0, 0.1) is 5.92 Å². The molecule has 2 fully saturated rings. The second kappa shape index (κ2) is 6.64. The third kappa shape index (κ3) is 2.65. The highest BCUT2D eigenvalue weighted by Gasteiger charge is 2.37. The lowest BCUT2D eigenvalue weighted by molar-refractivity contribution is 0.00849.